The third kappa shape index (κ3) is 3.18. The van der Waals surface area contributed by atoms with Gasteiger partial charge in [-0.25, -0.2) is 4.98 Å². The Morgan fingerprint density at radius 3 is 2.79 bits per heavy atom. The third-order valence-electron chi connectivity index (χ3n) is 4.46. The molecule has 0 aliphatic heterocycles. The molecular weight excluding hydrogens is 238 g/mol. The molecule has 1 N–H and O–H groups in total. The van der Waals surface area contributed by atoms with Crippen LogP contribution in [0.2, 0.25) is 0 Å². The van der Waals surface area contributed by atoms with Gasteiger partial charge < -0.3 is 14.6 Å². The lowest BCUT2D eigenvalue weighted by Crippen LogP contribution is -2.56. The van der Waals surface area contributed by atoms with Crippen LogP contribution in [0.3, 0.4) is 0 Å². The van der Waals surface area contributed by atoms with Crippen molar-refractivity contribution < 1.29 is 4.74 Å². The van der Waals surface area contributed by atoms with Crippen molar-refractivity contribution in [3.63, 3.8) is 0 Å². The molecule has 0 saturated heterocycles. The first-order valence-electron chi connectivity index (χ1n) is 7.46. The highest BCUT2D eigenvalue weighted by atomic mass is 16.5. The van der Waals surface area contributed by atoms with Crippen LogP contribution in [0.15, 0.2) is 12.4 Å². The fraction of sp³-hybridized carbons (Fsp3) is 0.800. The molecule has 1 heterocycles. The zero-order valence-electron chi connectivity index (χ0n) is 12.5. The Labute approximate surface area is 116 Å². The Kier molecular flexibility index (Phi) is 4.99. The second-order valence-electron chi connectivity index (χ2n) is 5.62. The lowest BCUT2D eigenvalue weighted by molar-refractivity contribution is -0.0998. The smallest absolute Gasteiger partial charge is 0.108 e. The summed E-state index contributed by atoms with van der Waals surface area (Å²) < 4.78 is 7.95. The van der Waals surface area contributed by atoms with Crippen LogP contribution in [0.5, 0.6) is 0 Å². The summed E-state index contributed by atoms with van der Waals surface area (Å²) in [6.07, 6.45) is 10.8. The van der Waals surface area contributed by atoms with Gasteiger partial charge in [0.05, 0.1) is 5.60 Å². The summed E-state index contributed by atoms with van der Waals surface area (Å²) in [5.74, 6) is 1.16. The van der Waals surface area contributed by atoms with Crippen molar-refractivity contribution in [2.45, 2.75) is 57.1 Å². The molecule has 1 aliphatic carbocycles. The lowest BCUT2D eigenvalue weighted by atomic mass is 9.73. The monoisotopic (exact) mass is 265 g/mol. The van der Waals surface area contributed by atoms with E-state index in [2.05, 4.69) is 28.8 Å². The molecule has 0 radical (unpaired) electrons. The summed E-state index contributed by atoms with van der Waals surface area (Å²) in [5, 5.41) is 3.68. The fourth-order valence-corrected chi connectivity index (χ4v) is 3.00. The van der Waals surface area contributed by atoms with Gasteiger partial charge in [0, 0.05) is 39.0 Å². The fourth-order valence-electron chi connectivity index (χ4n) is 3.00. The Bertz CT molecular complexity index is 379. The van der Waals surface area contributed by atoms with Crippen molar-refractivity contribution in [2.24, 2.45) is 7.05 Å². The summed E-state index contributed by atoms with van der Waals surface area (Å²) >= 11 is 0. The maximum absolute atomic E-state index is 5.84. The van der Waals surface area contributed by atoms with Crippen molar-refractivity contribution in [1.82, 2.24) is 14.9 Å². The zero-order chi connectivity index (χ0) is 13.7. The molecule has 1 aromatic rings. The molecular formula is C15H27N3O. The van der Waals surface area contributed by atoms with E-state index in [0.29, 0.717) is 6.04 Å². The van der Waals surface area contributed by atoms with Crippen molar-refractivity contribution in [1.29, 1.82) is 0 Å². The number of methoxy groups -OCH3 is 1. The van der Waals surface area contributed by atoms with Crippen molar-refractivity contribution in [2.75, 3.05) is 13.7 Å². The summed E-state index contributed by atoms with van der Waals surface area (Å²) in [6, 6.07) is 0.447. The van der Waals surface area contributed by atoms with Crippen molar-refractivity contribution >= 4 is 0 Å². The van der Waals surface area contributed by atoms with Gasteiger partial charge in [-0.15, -0.1) is 0 Å². The highest BCUT2D eigenvalue weighted by Crippen LogP contribution is 2.39. The van der Waals surface area contributed by atoms with E-state index in [1.165, 1.54) is 25.7 Å². The quantitative estimate of drug-likeness (QED) is 0.784. The normalized spacial score (nSPS) is 19.1. The summed E-state index contributed by atoms with van der Waals surface area (Å²) in [5.41, 5.74) is 0.0698. The minimum atomic E-state index is 0.0698. The second-order valence-corrected chi connectivity index (χ2v) is 5.62. The maximum Gasteiger partial charge on any atom is 0.108 e. The first kappa shape index (κ1) is 14.5. The van der Waals surface area contributed by atoms with E-state index in [9.17, 15) is 0 Å². The van der Waals surface area contributed by atoms with Crippen LogP contribution >= 0.6 is 0 Å². The van der Waals surface area contributed by atoms with Crippen LogP contribution < -0.4 is 5.32 Å². The lowest BCUT2D eigenvalue weighted by Gasteiger charge is -2.47. The predicted octanol–water partition coefficient (Wildman–Crippen LogP) is 2.29. The highest BCUT2D eigenvalue weighted by molar-refractivity contribution is 5.01. The maximum atomic E-state index is 5.84. The molecule has 1 unspecified atom stereocenters. The number of ether oxygens (including phenoxy) is 1. The third-order valence-corrected chi connectivity index (χ3v) is 4.46. The number of rotatable bonds is 8. The van der Waals surface area contributed by atoms with E-state index in [4.69, 9.17) is 4.74 Å². The van der Waals surface area contributed by atoms with Gasteiger partial charge in [0.25, 0.3) is 0 Å². The topological polar surface area (TPSA) is 39.1 Å². The van der Waals surface area contributed by atoms with E-state index < -0.39 is 0 Å². The molecule has 4 nitrogen and oxygen atoms in total. The SMILES string of the molecule is CCCNC(CCc1nccn1C)C1(OC)CCC1. The second kappa shape index (κ2) is 6.53. The number of nitrogens with zero attached hydrogens (tertiary/aromatic N) is 2. The molecule has 0 aromatic carbocycles. The molecule has 0 bridgehead atoms. The Morgan fingerprint density at radius 2 is 2.32 bits per heavy atom. The average Bonchev–Trinajstić information content (AvgIpc) is 2.76. The molecule has 1 aromatic heterocycles. The largest absolute Gasteiger partial charge is 0.377 e. The molecule has 1 saturated carbocycles. The van der Waals surface area contributed by atoms with Gasteiger partial charge in [0.15, 0.2) is 0 Å². The molecule has 4 heteroatoms. The molecule has 1 fully saturated rings. The van der Waals surface area contributed by atoms with Gasteiger partial charge in [-0.1, -0.05) is 6.92 Å². The summed E-state index contributed by atoms with van der Waals surface area (Å²) in [7, 11) is 3.92. The molecule has 0 spiro atoms. The zero-order valence-corrected chi connectivity index (χ0v) is 12.5. The Morgan fingerprint density at radius 1 is 1.53 bits per heavy atom. The van der Waals surface area contributed by atoms with Crippen LogP contribution in [0.4, 0.5) is 0 Å². The molecule has 1 aliphatic rings. The van der Waals surface area contributed by atoms with Crippen molar-refractivity contribution in [3.05, 3.63) is 18.2 Å². The molecule has 19 heavy (non-hydrogen) atoms. The van der Waals surface area contributed by atoms with Crippen LogP contribution in [0, 0.1) is 0 Å². The predicted molar refractivity (Wildman–Crippen MR) is 77.2 cm³/mol. The van der Waals surface area contributed by atoms with Crippen LogP contribution in [-0.2, 0) is 18.2 Å². The van der Waals surface area contributed by atoms with E-state index >= 15 is 0 Å². The van der Waals surface area contributed by atoms with Crippen LogP contribution in [0.1, 0.15) is 44.9 Å². The molecule has 1 atom stereocenters. The van der Waals surface area contributed by atoms with Gasteiger partial charge in [0.1, 0.15) is 5.82 Å². The van der Waals surface area contributed by atoms with E-state index in [0.717, 1.165) is 25.2 Å². The summed E-state index contributed by atoms with van der Waals surface area (Å²) in [4.78, 5) is 4.41. The van der Waals surface area contributed by atoms with E-state index in [1.54, 1.807) is 0 Å². The van der Waals surface area contributed by atoms with E-state index in [1.807, 2.05) is 19.5 Å². The Balaban J connectivity index is 1.95. The number of aromatic nitrogens is 2. The highest BCUT2D eigenvalue weighted by Gasteiger charge is 2.43. The van der Waals surface area contributed by atoms with Gasteiger partial charge in [-0.2, -0.15) is 0 Å². The van der Waals surface area contributed by atoms with Gasteiger partial charge in [0.2, 0.25) is 0 Å². The van der Waals surface area contributed by atoms with Gasteiger partial charge >= 0.3 is 0 Å². The minimum absolute atomic E-state index is 0.0698. The minimum Gasteiger partial charge on any atom is -0.377 e. The number of nitrogens with one attached hydrogen (secondary N) is 1. The van der Waals surface area contributed by atoms with Gasteiger partial charge in [-0.05, 0) is 38.6 Å². The first-order chi connectivity index (χ1) is 9.22. The number of hydrogen-bond acceptors (Lipinski definition) is 3. The molecule has 108 valence electrons. The molecule has 0 amide bonds. The van der Waals surface area contributed by atoms with Crippen LogP contribution in [-0.4, -0.2) is 34.8 Å². The van der Waals surface area contributed by atoms with Crippen molar-refractivity contribution in [3.8, 4) is 0 Å². The van der Waals surface area contributed by atoms with E-state index in [-0.39, 0.29) is 5.60 Å². The van der Waals surface area contributed by atoms with Gasteiger partial charge in [-0.3, -0.25) is 0 Å². The van der Waals surface area contributed by atoms with Crippen LogP contribution in [0.25, 0.3) is 0 Å². The Hall–Kier alpha value is -0.870. The molecule has 2 rings (SSSR count). The number of imidazole rings is 1. The number of hydrogen-bond donors (Lipinski definition) is 1. The number of aryl methyl sites for hydroxylation is 2. The standard InChI is InChI=1S/C15H27N3O/c1-4-10-16-13(15(19-3)8-5-9-15)6-7-14-17-11-12-18(14)2/h11-13,16H,4-10H2,1-3H3. The first-order valence-corrected chi connectivity index (χ1v) is 7.46. The summed E-state index contributed by atoms with van der Waals surface area (Å²) in [6.45, 7) is 3.28. The average molecular weight is 265 g/mol.